The van der Waals surface area contributed by atoms with E-state index in [1.165, 1.54) is 37.8 Å². The molecule has 1 aliphatic rings. The molecule has 0 fully saturated rings. The summed E-state index contributed by atoms with van der Waals surface area (Å²) in [5.74, 6) is 0.256. The molecule has 0 aromatic heterocycles. The molecule has 3 rings (SSSR count). The molecule has 1 unspecified atom stereocenters. The van der Waals surface area contributed by atoms with Crippen LogP contribution in [0.5, 0.6) is 17.2 Å². The maximum atomic E-state index is 13.7. The van der Waals surface area contributed by atoms with Crippen molar-refractivity contribution in [3.05, 3.63) is 47.0 Å². The molecule has 32 heavy (non-hydrogen) atoms. The Labute approximate surface area is 189 Å². The molecule has 2 aromatic rings. The average Bonchev–Trinajstić information content (AvgIpc) is 2.78. The summed E-state index contributed by atoms with van der Waals surface area (Å²) in [6.45, 7) is 5.27. The zero-order valence-electron chi connectivity index (χ0n) is 19.2. The van der Waals surface area contributed by atoms with Gasteiger partial charge in [0.1, 0.15) is 0 Å². The molecule has 0 saturated carbocycles. The number of nitrogens with zero attached hydrogens (tertiary/aromatic N) is 1. The van der Waals surface area contributed by atoms with Crippen LogP contribution in [-0.2, 0) is 31.5 Å². The van der Waals surface area contributed by atoms with Gasteiger partial charge in [-0.2, -0.15) is 4.31 Å². The first-order valence-corrected chi connectivity index (χ1v) is 11.7. The SMILES string of the molecule is CCOC(=O)C1(C)c2c(cc(OC)c(OC)c2OC)CCN1S(=O)(=O)c1ccc(C)cc1. The number of hydrogen-bond donors (Lipinski definition) is 0. The summed E-state index contributed by atoms with van der Waals surface area (Å²) in [6.07, 6.45) is 0.353. The third-order valence-corrected chi connectivity index (χ3v) is 7.76. The highest BCUT2D eigenvalue weighted by Crippen LogP contribution is 2.51. The molecule has 1 atom stereocenters. The molecule has 0 N–H and O–H groups in total. The van der Waals surface area contributed by atoms with Crippen molar-refractivity contribution in [2.75, 3.05) is 34.5 Å². The van der Waals surface area contributed by atoms with Gasteiger partial charge in [-0.15, -0.1) is 0 Å². The van der Waals surface area contributed by atoms with E-state index in [0.29, 0.717) is 17.7 Å². The van der Waals surface area contributed by atoms with E-state index in [2.05, 4.69) is 0 Å². The van der Waals surface area contributed by atoms with E-state index in [4.69, 9.17) is 18.9 Å². The van der Waals surface area contributed by atoms with Gasteiger partial charge in [0.25, 0.3) is 0 Å². The van der Waals surface area contributed by atoms with Crippen molar-refractivity contribution < 1.29 is 32.2 Å². The van der Waals surface area contributed by atoms with Gasteiger partial charge in [-0.25, -0.2) is 13.2 Å². The number of ether oxygens (including phenoxy) is 4. The first-order chi connectivity index (χ1) is 15.2. The Morgan fingerprint density at radius 3 is 2.22 bits per heavy atom. The molecule has 0 spiro atoms. The number of esters is 1. The fourth-order valence-corrected chi connectivity index (χ4v) is 5.89. The Morgan fingerprint density at radius 2 is 1.69 bits per heavy atom. The van der Waals surface area contributed by atoms with Crippen molar-refractivity contribution in [3.63, 3.8) is 0 Å². The van der Waals surface area contributed by atoms with E-state index in [-0.39, 0.29) is 29.5 Å². The number of carbonyl (C=O) groups is 1. The maximum Gasteiger partial charge on any atom is 0.332 e. The van der Waals surface area contributed by atoms with Crippen LogP contribution in [0.15, 0.2) is 35.2 Å². The van der Waals surface area contributed by atoms with Crippen LogP contribution >= 0.6 is 0 Å². The minimum atomic E-state index is -4.05. The number of benzene rings is 2. The van der Waals surface area contributed by atoms with E-state index in [9.17, 15) is 13.2 Å². The molecule has 1 aliphatic heterocycles. The molecule has 1 heterocycles. The zero-order valence-corrected chi connectivity index (χ0v) is 20.0. The van der Waals surface area contributed by atoms with Crippen molar-refractivity contribution in [1.29, 1.82) is 0 Å². The largest absolute Gasteiger partial charge is 0.493 e. The number of aryl methyl sites for hydroxylation is 1. The fourth-order valence-electron chi connectivity index (χ4n) is 4.18. The molecule has 0 bridgehead atoms. The fraction of sp³-hybridized carbons (Fsp3) is 0.435. The molecule has 174 valence electrons. The molecule has 8 nitrogen and oxygen atoms in total. The standard InChI is InChI=1S/C23H29NO7S/c1-7-31-22(25)23(3)19-16(14-18(28-4)20(29-5)21(19)30-6)12-13-24(23)32(26,27)17-10-8-15(2)9-11-17/h8-11,14H,7,12-13H2,1-6H3. The number of carbonyl (C=O) groups excluding carboxylic acids is 1. The van der Waals surface area contributed by atoms with Crippen LogP contribution < -0.4 is 14.2 Å². The third-order valence-electron chi connectivity index (χ3n) is 5.76. The average molecular weight is 464 g/mol. The minimum absolute atomic E-state index is 0.0805. The van der Waals surface area contributed by atoms with Gasteiger partial charge in [0.2, 0.25) is 15.8 Å². The summed E-state index contributed by atoms with van der Waals surface area (Å²) in [5.41, 5.74) is 0.362. The van der Waals surface area contributed by atoms with Gasteiger partial charge < -0.3 is 18.9 Å². The predicted molar refractivity (Wildman–Crippen MR) is 119 cm³/mol. The molecule has 2 aromatic carbocycles. The topological polar surface area (TPSA) is 91.4 Å². The second-order valence-electron chi connectivity index (χ2n) is 7.61. The quantitative estimate of drug-likeness (QED) is 0.583. The lowest BCUT2D eigenvalue weighted by molar-refractivity contribution is -0.155. The molecule has 0 aliphatic carbocycles. The van der Waals surface area contributed by atoms with Crippen LogP contribution in [0.2, 0.25) is 0 Å². The van der Waals surface area contributed by atoms with Crippen LogP contribution in [0.3, 0.4) is 0 Å². The van der Waals surface area contributed by atoms with Gasteiger partial charge in [0, 0.05) is 12.1 Å². The van der Waals surface area contributed by atoms with Crippen LogP contribution in [0.4, 0.5) is 0 Å². The van der Waals surface area contributed by atoms with Gasteiger partial charge in [-0.3, -0.25) is 0 Å². The van der Waals surface area contributed by atoms with Gasteiger partial charge in [0.15, 0.2) is 17.0 Å². The summed E-state index contributed by atoms with van der Waals surface area (Å²) < 4.78 is 50.6. The lowest BCUT2D eigenvalue weighted by Crippen LogP contribution is -2.56. The number of sulfonamides is 1. The van der Waals surface area contributed by atoms with Crippen LogP contribution in [-0.4, -0.2) is 53.2 Å². The number of fused-ring (bicyclic) bond motifs is 1. The smallest absolute Gasteiger partial charge is 0.332 e. The zero-order chi connectivity index (χ0) is 23.7. The summed E-state index contributed by atoms with van der Waals surface area (Å²) in [7, 11) is 0.355. The Morgan fingerprint density at radius 1 is 1.06 bits per heavy atom. The second kappa shape index (κ2) is 8.99. The van der Waals surface area contributed by atoms with Crippen molar-refractivity contribution in [3.8, 4) is 17.2 Å². The number of hydrogen-bond acceptors (Lipinski definition) is 7. The Balaban J connectivity index is 2.33. The van der Waals surface area contributed by atoms with Crippen LogP contribution in [0, 0.1) is 6.92 Å². The normalized spacial score (nSPS) is 18.6. The van der Waals surface area contributed by atoms with E-state index >= 15 is 0 Å². The molecular weight excluding hydrogens is 434 g/mol. The first-order valence-electron chi connectivity index (χ1n) is 10.3. The second-order valence-corrected chi connectivity index (χ2v) is 9.47. The van der Waals surface area contributed by atoms with E-state index in [1.54, 1.807) is 32.0 Å². The number of rotatable bonds is 7. The summed E-state index contributed by atoms with van der Waals surface area (Å²) in [5, 5.41) is 0. The van der Waals surface area contributed by atoms with Gasteiger partial charge in [-0.05, 0) is 51.0 Å². The molecule has 0 amide bonds. The molecular formula is C23H29NO7S. The Bertz CT molecular complexity index is 1110. The predicted octanol–water partition coefficient (Wildman–Crippen LogP) is 3.05. The van der Waals surface area contributed by atoms with Crippen LogP contribution in [0.25, 0.3) is 0 Å². The van der Waals surface area contributed by atoms with E-state index < -0.39 is 21.5 Å². The molecule has 0 radical (unpaired) electrons. The van der Waals surface area contributed by atoms with Crippen LogP contribution in [0.1, 0.15) is 30.5 Å². The summed E-state index contributed by atoms with van der Waals surface area (Å²) in [6, 6.07) is 8.28. The maximum absolute atomic E-state index is 13.7. The molecule has 0 saturated heterocycles. The van der Waals surface area contributed by atoms with Gasteiger partial charge in [-0.1, -0.05) is 17.7 Å². The molecule has 9 heteroatoms. The van der Waals surface area contributed by atoms with Crippen molar-refractivity contribution in [1.82, 2.24) is 4.31 Å². The van der Waals surface area contributed by atoms with Crippen molar-refractivity contribution in [2.45, 2.75) is 37.6 Å². The van der Waals surface area contributed by atoms with E-state index in [0.717, 1.165) is 11.1 Å². The highest BCUT2D eigenvalue weighted by Gasteiger charge is 2.54. The Kier molecular flexibility index (Phi) is 6.71. The monoisotopic (exact) mass is 463 g/mol. The Hall–Kier alpha value is -2.78. The highest BCUT2D eigenvalue weighted by molar-refractivity contribution is 7.89. The van der Waals surface area contributed by atoms with Gasteiger partial charge in [0.05, 0.1) is 32.8 Å². The van der Waals surface area contributed by atoms with Gasteiger partial charge >= 0.3 is 5.97 Å². The van der Waals surface area contributed by atoms with E-state index in [1.807, 2.05) is 6.92 Å². The summed E-state index contributed by atoms with van der Waals surface area (Å²) >= 11 is 0. The summed E-state index contributed by atoms with van der Waals surface area (Å²) in [4.78, 5) is 13.5. The first kappa shape index (κ1) is 23.9. The van der Waals surface area contributed by atoms with Crippen molar-refractivity contribution >= 4 is 16.0 Å². The lowest BCUT2D eigenvalue weighted by atomic mass is 9.82. The lowest BCUT2D eigenvalue weighted by Gasteiger charge is -2.43. The number of methoxy groups -OCH3 is 3. The third kappa shape index (κ3) is 3.69. The van der Waals surface area contributed by atoms with Crippen molar-refractivity contribution in [2.24, 2.45) is 0 Å². The highest BCUT2D eigenvalue weighted by atomic mass is 32.2. The minimum Gasteiger partial charge on any atom is -0.493 e.